The molecule has 0 saturated heterocycles. The molecule has 3 rings (SSSR count). The van der Waals surface area contributed by atoms with Crippen molar-refractivity contribution in [1.29, 1.82) is 0 Å². The van der Waals surface area contributed by atoms with E-state index in [0.717, 1.165) is 28.3 Å². The predicted octanol–water partition coefficient (Wildman–Crippen LogP) is 1.78. The summed E-state index contributed by atoms with van der Waals surface area (Å²) >= 11 is 0. The molecule has 0 saturated carbocycles. The average molecular weight is 382 g/mol. The minimum Gasteiger partial charge on any atom is -0.367 e. The maximum Gasteiger partial charge on any atom is 0.255 e. The lowest BCUT2D eigenvalue weighted by Gasteiger charge is -2.08. The Morgan fingerprint density at radius 1 is 0.964 bits per heavy atom. The van der Waals surface area contributed by atoms with Gasteiger partial charge in [0.25, 0.3) is 5.91 Å². The zero-order valence-corrected chi connectivity index (χ0v) is 17.2. The van der Waals surface area contributed by atoms with E-state index in [2.05, 4.69) is 31.0 Å². The molecule has 0 atom stereocenters. The topological polar surface area (TPSA) is 103 Å². The monoisotopic (exact) mass is 382 g/mol. The Hall–Kier alpha value is -3.23. The summed E-state index contributed by atoms with van der Waals surface area (Å²) in [5, 5.41) is 23.2. The van der Waals surface area contributed by atoms with Gasteiger partial charge in [-0.15, -0.1) is 10.2 Å². The summed E-state index contributed by atoms with van der Waals surface area (Å²) in [6.07, 6.45) is 0. The number of nitrogens with one attached hydrogen (secondary N) is 2. The number of rotatable bonds is 6. The molecular formula is C19H26N8O. The predicted molar refractivity (Wildman–Crippen MR) is 107 cm³/mol. The Bertz CT molecular complexity index is 1000. The maximum absolute atomic E-state index is 12.3. The van der Waals surface area contributed by atoms with E-state index in [9.17, 15) is 4.79 Å². The van der Waals surface area contributed by atoms with Gasteiger partial charge in [0, 0.05) is 31.5 Å². The van der Waals surface area contributed by atoms with E-state index in [1.807, 2.05) is 53.8 Å². The highest BCUT2D eigenvalue weighted by Crippen LogP contribution is 2.15. The lowest BCUT2D eigenvalue weighted by Crippen LogP contribution is -2.29. The molecule has 3 aromatic heterocycles. The Kier molecular flexibility index (Phi) is 5.43. The van der Waals surface area contributed by atoms with Gasteiger partial charge in [-0.25, -0.2) is 4.68 Å². The van der Waals surface area contributed by atoms with Gasteiger partial charge >= 0.3 is 0 Å². The summed E-state index contributed by atoms with van der Waals surface area (Å²) in [6.45, 7) is 10.8. The molecule has 28 heavy (non-hydrogen) atoms. The highest BCUT2D eigenvalue weighted by Gasteiger charge is 2.16. The van der Waals surface area contributed by atoms with Crippen molar-refractivity contribution in [2.45, 2.75) is 34.6 Å². The SMILES string of the molecule is Cc1nn(-c2ccc(NCCNC(=O)c3c(C)nn(C)c3C)nn2)c(C)c1C. The van der Waals surface area contributed by atoms with E-state index >= 15 is 0 Å². The second-order valence-corrected chi connectivity index (χ2v) is 6.84. The molecule has 0 radical (unpaired) electrons. The number of anilines is 1. The molecule has 1 amide bonds. The minimum absolute atomic E-state index is 0.119. The molecule has 0 aliphatic heterocycles. The van der Waals surface area contributed by atoms with Crippen LogP contribution in [0.1, 0.15) is 38.7 Å². The fourth-order valence-electron chi connectivity index (χ4n) is 3.03. The zero-order valence-electron chi connectivity index (χ0n) is 17.2. The third-order valence-electron chi connectivity index (χ3n) is 4.97. The quantitative estimate of drug-likeness (QED) is 0.630. The number of amides is 1. The standard InChI is InChI=1S/C19H26N8O/c1-11-12(2)25-27(14(11)4)17-8-7-16(22-23-17)20-9-10-21-19(28)18-13(3)24-26(6)15(18)5/h7-8H,9-10H2,1-6H3,(H,20,22)(H,21,28). The Morgan fingerprint density at radius 2 is 1.71 bits per heavy atom. The van der Waals surface area contributed by atoms with Crippen molar-refractivity contribution in [1.82, 2.24) is 35.1 Å². The number of aromatic nitrogens is 6. The first-order valence-corrected chi connectivity index (χ1v) is 9.18. The summed E-state index contributed by atoms with van der Waals surface area (Å²) in [5.74, 6) is 1.20. The van der Waals surface area contributed by atoms with Crippen molar-refractivity contribution in [2.75, 3.05) is 18.4 Å². The molecule has 0 bridgehead atoms. The fourth-order valence-corrected chi connectivity index (χ4v) is 3.03. The molecule has 3 aromatic rings. The second kappa shape index (κ2) is 7.79. The van der Waals surface area contributed by atoms with E-state index in [4.69, 9.17) is 0 Å². The molecule has 9 nitrogen and oxygen atoms in total. The van der Waals surface area contributed by atoms with Crippen LogP contribution in [0.5, 0.6) is 0 Å². The van der Waals surface area contributed by atoms with E-state index in [1.165, 1.54) is 0 Å². The third-order valence-corrected chi connectivity index (χ3v) is 4.97. The summed E-state index contributed by atoms with van der Waals surface area (Å²) < 4.78 is 3.50. The van der Waals surface area contributed by atoms with E-state index in [0.29, 0.717) is 30.3 Å². The molecule has 148 valence electrons. The van der Waals surface area contributed by atoms with Gasteiger partial charge in [0.15, 0.2) is 5.82 Å². The Labute approximate surface area is 164 Å². The van der Waals surface area contributed by atoms with Crippen LogP contribution in [0.4, 0.5) is 5.82 Å². The summed E-state index contributed by atoms with van der Waals surface area (Å²) in [4.78, 5) is 12.3. The molecule has 9 heteroatoms. The number of aryl methyl sites for hydroxylation is 3. The molecule has 0 spiro atoms. The lowest BCUT2D eigenvalue weighted by molar-refractivity contribution is 0.0954. The van der Waals surface area contributed by atoms with Crippen LogP contribution in [-0.2, 0) is 7.05 Å². The highest BCUT2D eigenvalue weighted by molar-refractivity contribution is 5.96. The number of carbonyl (C=O) groups excluding carboxylic acids is 1. The van der Waals surface area contributed by atoms with Gasteiger partial charge in [0.2, 0.25) is 0 Å². The fraction of sp³-hybridized carbons (Fsp3) is 0.421. The van der Waals surface area contributed by atoms with Gasteiger partial charge < -0.3 is 10.6 Å². The number of nitrogens with zero attached hydrogens (tertiary/aromatic N) is 6. The highest BCUT2D eigenvalue weighted by atomic mass is 16.1. The van der Waals surface area contributed by atoms with Gasteiger partial charge in [-0.3, -0.25) is 9.48 Å². The van der Waals surface area contributed by atoms with Gasteiger partial charge in [0.05, 0.1) is 17.0 Å². The van der Waals surface area contributed by atoms with E-state index in [1.54, 1.807) is 9.36 Å². The van der Waals surface area contributed by atoms with Crippen molar-refractivity contribution in [3.63, 3.8) is 0 Å². The van der Waals surface area contributed by atoms with Crippen molar-refractivity contribution in [3.8, 4) is 5.82 Å². The normalized spacial score (nSPS) is 10.9. The number of hydrogen-bond acceptors (Lipinski definition) is 6. The van der Waals surface area contributed by atoms with Crippen LogP contribution >= 0.6 is 0 Å². The lowest BCUT2D eigenvalue weighted by atomic mass is 10.2. The first-order valence-electron chi connectivity index (χ1n) is 9.18. The Morgan fingerprint density at radius 3 is 2.25 bits per heavy atom. The van der Waals surface area contributed by atoms with Crippen molar-refractivity contribution < 1.29 is 4.79 Å². The molecule has 3 heterocycles. The van der Waals surface area contributed by atoms with Crippen LogP contribution in [0.2, 0.25) is 0 Å². The van der Waals surface area contributed by atoms with Crippen molar-refractivity contribution >= 4 is 11.7 Å². The molecule has 0 unspecified atom stereocenters. The number of carbonyl (C=O) groups is 1. The van der Waals surface area contributed by atoms with Crippen molar-refractivity contribution in [3.05, 3.63) is 46.0 Å². The van der Waals surface area contributed by atoms with Gasteiger partial charge in [-0.2, -0.15) is 10.2 Å². The first-order chi connectivity index (χ1) is 13.3. The maximum atomic E-state index is 12.3. The molecule has 0 aromatic carbocycles. The smallest absolute Gasteiger partial charge is 0.255 e. The zero-order chi connectivity index (χ0) is 20.4. The van der Waals surface area contributed by atoms with Crippen LogP contribution in [0, 0.1) is 34.6 Å². The van der Waals surface area contributed by atoms with Crippen LogP contribution in [0.15, 0.2) is 12.1 Å². The molecule has 0 fully saturated rings. The van der Waals surface area contributed by atoms with Crippen LogP contribution in [0.25, 0.3) is 5.82 Å². The van der Waals surface area contributed by atoms with Crippen LogP contribution < -0.4 is 10.6 Å². The summed E-state index contributed by atoms with van der Waals surface area (Å²) in [5.41, 5.74) is 5.40. The summed E-state index contributed by atoms with van der Waals surface area (Å²) in [7, 11) is 1.83. The minimum atomic E-state index is -0.119. The second-order valence-electron chi connectivity index (χ2n) is 6.84. The van der Waals surface area contributed by atoms with E-state index in [-0.39, 0.29) is 5.91 Å². The molecule has 2 N–H and O–H groups in total. The number of hydrogen-bond donors (Lipinski definition) is 2. The molecule has 0 aliphatic rings. The largest absolute Gasteiger partial charge is 0.367 e. The van der Waals surface area contributed by atoms with Gasteiger partial charge in [-0.05, 0) is 52.3 Å². The first kappa shape index (κ1) is 19.5. The van der Waals surface area contributed by atoms with Gasteiger partial charge in [-0.1, -0.05) is 0 Å². The van der Waals surface area contributed by atoms with Crippen LogP contribution in [0.3, 0.4) is 0 Å². The van der Waals surface area contributed by atoms with E-state index < -0.39 is 0 Å². The van der Waals surface area contributed by atoms with Gasteiger partial charge in [0.1, 0.15) is 5.82 Å². The Balaban J connectivity index is 1.54. The van der Waals surface area contributed by atoms with Crippen molar-refractivity contribution in [2.24, 2.45) is 7.05 Å². The third kappa shape index (κ3) is 3.73. The molecule has 0 aliphatic carbocycles. The average Bonchev–Trinajstić information content (AvgIpc) is 3.08. The molecular weight excluding hydrogens is 356 g/mol. The van der Waals surface area contributed by atoms with Crippen LogP contribution in [-0.4, -0.2) is 48.8 Å². The summed E-state index contributed by atoms with van der Waals surface area (Å²) in [6, 6.07) is 3.72.